The van der Waals surface area contributed by atoms with E-state index in [1.165, 1.54) is 6.42 Å². The first kappa shape index (κ1) is 22.3. The molecule has 0 aromatic carbocycles. The van der Waals surface area contributed by atoms with Gasteiger partial charge in [0.2, 0.25) is 0 Å². The van der Waals surface area contributed by atoms with Crippen LogP contribution in [0.25, 0.3) is 0 Å². The van der Waals surface area contributed by atoms with Crippen molar-refractivity contribution in [3.63, 3.8) is 0 Å². The van der Waals surface area contributed by atoms with Gasteiger partial charge in [-0.25, -0.2) is 0 Å². The fraction of sp³-hybridized carbons (Fsp3) is 0.875. The van der Waals surface area contributed by atoms with Gasteiger partial charge in [0, 0.05) is 30.2 Å². The monoisotopic (exact) mass is 436 g/mol. The number of hydrogen-bond donors (Lipinski definition) is 1. The van der Waals surface area contributed by atoms with Gasteiger partial charge in [0.25, 0.3) is 0 Å². The van der Waals surface area contributed by atoms with E-state index in [-0.39, 0.29) is 29.2 Å². The minimum absolute atomic E-state index is 0. The normalized spacial score (nSPS) is 46.7. The molecule has 1 heterocycles. The molecule has 1 N–H and O–H groups in total. The average molecular weight is 437 g/mol. The molecule has 0 radical (unpaired) electrons. The van der Waals surface area contributed by atoms with Gasteiger partial charge in [-0.3, -0.25) is 9.59 Å². The van der Waals surface area contributed by atoms with E-state index in [1.54, 1.807) is 0 Å². The Balaban J connectivity index is 0.00000218. The number of fused-ring (bicyclic) bond motifs is 5. The lowest BCUT2D eigenvalue weighted by atomic mass is 9.45. The number of hydrogen-bond acceptors (Lipinski definition) is 5. The highest BCUT2D eigenvalue weighted by molar-refractivity contribution is 5.93. The molecular formula is C24H37ClN2O3. The molecule has 0 amide bonds. The summed E-state index contributed by atoms with van der Waals surface area (Å²) >= 11 is 0. The van der Waals surface area contributed by atoms with E-state index in [2.05, 4.69) is 24.3 Å². The zero-order valence-electron chi connectivity index (χ0n) is 18.5. The Morgan fingerprint density at radius 2 is 1.90 bits per heavy atom. The fourth-order valence-corrected chi connectivity index (χ4v) is 7.82. The maximum Gasteiger partial charge on any atom is 0.139 e. The van der Waals surface area contributed by atoms with E-state index >= 15 is 0 Å². The van der Waals surface area contributed by atoms with Gasteiger partial charge in [-0.2, -0.15) is 0 Å². The second-order valence-electron chi connectivity index (χ2n) is 11.0. The van der Waals surface area contributed by atoms with Crippen LogP contribution in [0, 0.1) is 34.5 Å². The molecule has 5 fully saturated rings. The van der Waals surface area contributed by atoms with E-state index in [0.717, 1.165) is 63.6 Å². The van der Waals surface area contributed by atoms with E-state index in [9.17, 15) is 9.59 Å². The van der Waals surface area contributed by atoms with Crippen LogP contribution in [0.2, 0.25) is 0 Å². The van der Waals surface area contributed by atoms with Crippen molar-refractivity contribution >= 4 is 29.7 Å². The number of nitrogens with zero attached hydrogens (tertiary/aromatic N) is 1. The Morgan fingerprint density at radius 1 is 1.07 bits per heavy atom. The smallest absolute Gasteiger partial charge is 0.139 e. The van der Waals surface area contributed by atoms with Crippen molar-refractivity contribution in [1.82, 2.24) is 5.32 Å². The largest absolute Gasteiger partial charge is 0.394 e. The molecule has 5 aliphatic rings. The van der Waals surface area contributed by atoms with Crippen LogP contribution in [0.4, 0.5) is 0 Å². The molecule has 7 atom stereocenters. The second kappa shape index (κ2) is 8.20. The molecule has 4 saturated carbocycles. The van der Waals surface area contributed by atoms with E-state index in [1.807, 2.05) is 0 Å². The SMILES string of the molecule is C[C@]12CCC(=NOC[C@@H]3CCCN3)CC1C(=O)C[C@@H]1[C@H]2CC[C@]2(C)C(=O)CC[C@@H]12.Cl. The summed E-state index contributed by atoms with van der Waals surface area (Å²) in [6.07, 6.45) is 9.67. The summed E-state index contributed by atoms with van der Waals surface area (Å²) in [5, 5.41) is 7.90. The molecule has 30 heavy (non-hydrogen) atoms. The first-order valence-electron chi connectivity index (χ1n) is 11.9. The van der Waals surface area contributed by atoms with Gasteiger partial charge in [-0.05, 0) is 81.1 Å². The summed E-state index contributed by atoms with van der Waals surface area (Å²) < 4.78 is 0. The van der Waals surface area contributed by atoms with Crippen LogP contribution in [0.1, 0.15) is 78.1 Å². The molecule has 1 unspecified atom stereocenters. The van der Waals surface area contributed by atoms with Gasteiger partial charge in [-0.1, -0.05) is 19.0 Å². The topological polar surface area (TPSA) is 67.8 Å². The van der Waals surface area contributed by atoms with Gasteiger partial charge in [0.15, 0.2) is 0 Å². The lowest BCUT2D eigenvalue weighted by Gasteiger charge is -2.58. The zero-order valence-corrected chi connectivity index (χ0v) is 19.3. The van der Waals surface area contributed by atoms with E-state index < -0.39 is 0 Å². The standard InChI is InChI=1S/C24H36N2O3.ClH/c1-23-9-7-15(26-29-14-16-4-3-11-25-16)12-20(23)21(27)13-17-18-5-6-22(28)24(18,2)10-8-19(17)23;/h16-20,25H,3-14H2,1-2H3;1H/t16-,17-,18-,19+,20?,23+,24-;/m0./s1. The van der Waals surface area contributed by atoms with Crippen molar-refractivity contribution in [3.8, 4) is 0 Å². The van der Waals surface area contributed by atoms with Gasteiger partial charge in [0.05, 0.1) is 5.71 Å². The maximum atomic E-state index is 13.3. The highest BCUT2D eigenvalue weighted by atomic mass is 35.5. The summed E-state index contributed by atoms with van der Waals surface area (Å²) in [5.41, 5.74) is 0.988. The molecule has 0 bridgehead atoms. The number of carbonyl (C=O) groups excluding carboxylic acids is 2. The highest BCUT2D eigenvalue weighted by Gasteiger charge is 2.62. The van der Waals surface area contributed by atoms with Crippen molar-refractivity contribution in [2.24, 2.45) is 39.7 Å². The molecule has 0 spiro atoms. The third-order valence-corrected chi connectivity index (χ3v) is 9.64. The highest BCUT2D eigenvalue weighted by Crippen LogP contribution is 2.64. The molecule has 6 heteroatoms. The molecular weight excluding hydrogens is 400 g/mol. The molecule has 0 aromatic rings. The van der Waals surface area contributed by atoms with Gasteiger partial charge in [-0.15, -0.1) is 12.4 Å². The summed E-state index contributed by atoms with van der Waals surface area (Å²) in [6.45, 7) is 6.27. The minimum Gasteiger partial charge on any atom is -0.394 e. The predicted octanol–water partition coefficient (Wildman–Crippen LogP) is 4.32. The van der Waals surface area contributed by atoms with Crippen LogP contribution >= 0.6 is 12.4 Å². The molecule has 4 aliphatic carbocycles. The zero-order chi connectivity index (χ0) is 20.2. The number of Topliss-reactive ketones (excluding diaryl/α,β-unsaturated/α-hetero) is 2. The number of nitrogens with one attached hydrogen (secondary N) is 1. The van der Waals surface area contributed by atoms with Crippen molar-refractivity contribution in [2.75, 3.05) is 13.2 Å². The Hall–Kier alpha value is -0.940. The van der Waals surface area contributed by atoms with Gasteiger partial charge < -0.3 is 10.2 Å². The Kier molecular flexibility index (Phi) is 6.08. The second-order valence-corrected chi connectivity index (χ2v) is 11.0. The number of ketones is 2. The maximum absolute atomic E-state index is 13.3. The lowest BCUT2D eigenvalue weighted by molar-refractivity contribution is -0.152. The van der Waals surface area contributed by atoms with Gasteiger partial charge in [0.1, 0.15) is 18.2 Å². The summed E-state index contributed by atoms with van der Waals surface area (Å²) in [4.78, 5) is 31.5. The number of oxime groups is 1. The molecule has 1 saturated heterocycles. The van der Waals surface area contributed by atoms with Crippen LogP contribution in [0.3, 0.4) is 0 Å². The molecule has 5 rings (SSSR count). The van der Waals surface area contributed by atoms with Crippen molar-refractivity contribution in [2.45, 2.75) is 84.1 Å². The number of carbonyl (C=O) groups is 2. The molecule has 1 aliphatic heterocycles. The summed E-state index contributed by atoms with van der Waals surface area (Å²) in [7, 11) is 0. The quantitative estimate of drug-likeness (QED) is 0.669. The number of halogens is 1. The molecule has 5 nitrogen and oxygen atoms in total. The average Bonchev–Trinajstić information content (AvgIpc) is 3.31. The Morgan fingerprint density at radius 3 is 2.67 bits per heavy atom. The van der Waals surface area contributed by atoms with Crippen LogP contribution < -0.4 is 5.32 Å². The fourth-order valence-electron chi connectivity index (χ4n) is 7.82. The van der Waals surface area contributed by atoms with E-state index in [4.69, 9.17) is 4.84 Å². The summed E-state index contributed by atoms with van der Waals surface area (Å²) in [5.74, 6) is 2.38. The first-order valence-corrected chi connectivity index (χ1v) is 11.9. The lowest BCUT2D eigenvalue weighted by Crippen LogP contribution is -2.56. The molecule has 168 valence electrons. The number of rotatable bonds is 3. The van der Waals surface area contributed by atoms with Crippen LogP contribution in [0.15, 0.2) is 5.16 Å². The van der Waals surface area contributed by atoms with E-state index in [0.29, 0.717) is 48.4 Å². The van der Waals surface area contributed by atoms with Crippen LogP contribution in [0.5, 0.6) is 0 Å². The Labute approximate surface area is 186 Å². The first-order chi connectivity index (χ1) is 13.9. The van der Waals surface area contributed by atoms with Gasteiger partial charge >= 0.3 is 0 Å². The van der Waals surface area contributed by atoms with Crippen molar-refractivity contribution < 1.29 is 14.4 Å². The van der Waals surface area contributed by atoms with Crippen LogP contribution in [-0.4, -0.2) is 36.5 Å². The van der Waals surface area contributed by atoms with Crippen LogP contribution in [-0.2, 0) is 14.4 Å². The molecule has 0 aromatic heterocycles. The predicted molar refractivity (Wildman–Crippen MR) is 119 cm³/mol. The third-order valence-electron chi connectivity index (χ3n) is 9.64. The van der Waals surface area contributed by atoms with Crippen molar-refractivity contribution in [3.05, 3.63) is 0 Å². The third kappa shape index (κ3) is 3.44. The minimum atomic E-state index is -0.159. The summed E-state index contributed by atoms with van der Waals surface area (Å²) in [6, 6.07) is 0.427. The Bertz CT molecular complexity index is 734. The van der Waals surface area contributed by atoms with Crippen molar-refractivity contribution in [1.29, 1.82) is 0 Å².